The van der Waals surface area contributed by atoms with Gasteiger partial charge in [0, 0.05) is 56.4 Å². The van der Waals surface area contributed by atoms with Crippen LogP contribution >= 0.6 is 0 Å². The summed E-state index contributed by atoms with van der Waals surface area (Å²) in [5, 5.41) is 11.0. The van der Waals surface area contributed by atoms with Crippen molar-refractivity contribution in [2.45, 2.75) is 44.8 Å². The molecule has 0 bridgehead atoms. The molecule has 1 fully saturated rings. The van der Waals surface area contributed by atoms with E-state index in [0.717, 1.165) is 61.9 Å². The molecule has 2 aliphatic rings. The van der Waals surface area contributed by atoms with Crippen LogP contribution in [0.2, 0.25) is 0 Å². The third-order valence-electron chi connectivity index (χ3n) is 8.25. The number of rotatable bonds is 13. The van der Waals surface area contributed by atoms with Crippen LogP contribution in [0.3, 0.4) is 0 Å². The van der Waals surface area contributed by atoms with E-state index in [1.165, 1.54) is 23.9 Å². The lowest BCUT2D eigenvalue weighted by Crippen LogP contribution is -2.45. The minimum Gasteiger partial charge on any atom is -0.494 e. The van der Waals surface area contributed by atoms with Gasteiger partial charge in [-0.05, 0) is 77.4 Å². The first-order chi connectivity index (χ1) is 23.2. The van der Waals surface area contributed by atoms with Gasteiger partial charge in [0.25, 0.3) is 0 Å². The number of piperazine rings is 1. The number of fused-ring (bicyclic) bond motifs is 1. The number of alkyl halides is 3. The molecular formula is C34H36F3N5O6. The number of hydrogen-bond donors (Lipinski definition) is 0. The minimum absolute atomic E-state index is 0.217. The van der Waals surface area contributed by atoms with Crippen molar-refractivity contribution < 1.29 is 37.0 Å². The first kappa shape index (κ1) is 32.9. The van der Waals surface area contributed by atoms with Crippen LogP contribution < -0.4 is 23.8 Å². The maximum absolute atomic E-state index is 12.3. The molecule has 1 aromatic heterocycles. The lowest BCUT2D eigenvalue weighted by Gasteiger charge is -2.36. The highest BCUT2D eigenvalue weighted by atomic mass is 19.4. The molecular weight excluding hydrogens is 631 g/mol. The molecule has 1 saturated heterocycles. The second-order valence-electron chi connectivity index (χ2n) is 11.7. The van der Waals surface area contributed by atoms with Crippen molar-refractivity contribution in [3.8, 4) is 23.3 Å². The topological polar surface area (TPSA) is 104 Å². The van der Waals surface area contributed by atoms with Gasteiger partial charge in [0.1, 0.15) is 36.2 Å². The van der Waals surface area contributed by atoms with Crippen LogP contribution in [0.1, 0.15) is 24.0 Å². The van der Waals surface area contributed by atoms with Crippen LogP contribution in [0, 0.1) is 10.1 Å². The Morgan fingerprint density at radius 3 is 2.19 bits per heavy atom. The molecule has 0 radical (unpaired) electrons. The summed E-state index contributed by atoms with van der Waals surface area (Å²) in [5.41, 5.74) is 3.27. The maximum atomic E-state index is 12.3. The van der Waals surface area contributed by atoms with Crippen LogP contribution in [0.15, 0.2) is 79.0 Å². The second kappa shape index (κ2) is 14.8. The summed E-state index contributed by atoms with van der Waals surface area (Å²) >= 11 is 0. The van der Waals surface area contributed by atoms with Gasteiger partial charge in [0.2, 0.25) is 0 Å². The molecule has 6 rings (SSSR count). The zero-order valence-corrected chi connectivity index (χ0v) is 26.2. The minimum atomic E-state index is -4.69. The third kappa shape index (κ3) is 9.09. The number of ether oxygens (including phenoxy) is 4. The van der Waals surface area contributed by atoms with Gasteiger partial charge in [-0.2, -0.15) is 0 Å². The van der Waals surface area contributed by atoms with Crippen LogP contribution in [0.4, 0.5) is 24.7 Å². The summed E-state index contributed by atoms with van der Waals surface area (Å²) in [7, 11) is 0. The highest BCUT2D eigenvalue weighted by molar-refractivity contribution is 5.49. The molecule has 48 heavy (non-hydrogen) atoms. The summed E-state index contributed by atoms with van der Waals surface area (Å²) in [5.74, 6) is 1.08. The molecule has 14 heteroatoms. The molecule has 0 spiro atoms. The normalized spacial score (nSPS) is 16.6. The Bertz CT molecular complexity index is 1640. The molecule has 3 aromatic carbocycles. The number of imidazole rings is 1. The van der Waals surface area contributed by atoms with E-state index in [1.807, 2.05) is 24.3 Å². The van der Waals surface area contributed by atoms with Crippen molar-refractivity contribution in [3.05, 3.63) is 100 Å². The second-order valence-corrected chi connectivity index (χ2v) is 11.7. The van der Waals surface area contributed by atoms with E-state index in [4.69, 9.17) is 14.2 Å². The third-order valence-corrected chi connectivity index (χ3v) is 8.25. The molecule has 0 aliphatic carbocycles. The van der Waals surface area contributed by atoms with Crippen molar-refractivity contribution in [2.75, 3.05) is 44.3 Å². The summed E-state index contributed by atoms with van der Waals surface area (Å²) < 4.78 is 60.1. The molecule has 1 unspecified atom stereocenters. The van der Waals surface area contributed by atoms with Crippen molar-refractivity contribution in [1.82, 2.24) is 14.5 Å². The fraction of sp³-hybridized carbons (Fsp3) is 0.382. The monoisotopic (exact) mass is 667 g/mol. The largest absolute Gasteiger partial charge is 0.573 e. The van der Waals surface area contributed by atoms with Gasteiger partial charge >= 0.3 is 18.2 Å². The number of aryl methyl sites for hydroxylation is 2. The molecule has 0 saturated carbocycles. The average Bonchev–Trinajstić information content (AvgIpc) is 3.51. The van der Waals surface area contributed by atoms with E-state index < -0.39 is 11.3 Å². The van der Waals surface area contributed by atoms with Crippen molar-refractivity contribution in [1.29, 1.82) is 0 Å². The van der Waals surface area contributed by atoms with Gasteiger partial charge in [-0.1, -0.05) is 24.3 Å². The number of aromatic nitrogens is 2. The zero-order chi connectivity index (χ0) is 33.5. The van der Waals surface area contributed by atoms with E-state index in [0.29, 0.717) is 32.6 Å². The summed E-state index contributed by atoms with van der Waals surface area (Å²) in [6.45, 7) is 5.98. The number of hydrogen-bond acceptors (Lipinski definition) is 9. The number of nitro groups is 1. The Morgan fingerprint density at radius 2 is 1.50 bits per heavy atom. The van der Waals surface area contributed by atoms with Gasteiger partial charge in [0.05, 0.1) is 6.61 Å². The Kier molecular flexibility index (Phi) is 10.2. The Hall–Kier alpha value is -4.98. The van der Waals surface area contributed by atoms with Crippen LogP contribution in [-0.4, -0.2) is 71.2 Å². The summed E-state index contributed by atoms with van der Waals surface area (Å²) in [4.78, 5) is 19.2. The van der Waals surface area contributed by atoms with E-state index in [-0.39, 0.29) is 23.7 Å². The first-order valence-corrected chi connectivity index (χ1v) is 15.8. The predicted molar refractivity (Wildman–Crippen MR) is 171 cm³/mol. The van der Waals surface area contributed by atoms with Crippen molar-refractivity contribution in [3.63, 3.8) is 0 Å². The average molecular weight is 668 g/mol. The smallest absolute Gasteiger partial charge is 0.494 e. The van der Waals surface area contributed by atoms with Crippen LogP contribution in [0.25, 0.3) is 0 Å². The number of nitrogens with zero attached hydrogens (tertiary/aromatic N) is 5. The Labute approximate surface area is 275 Å². The van der Waals surface area contributed by atoms with E-state index >= 15 is 0 Å². The zero-order valence-electron chi connectivity index (χ0n) is 26.2. The standard InChI is InChI=1S/C34H36F3N5O6/c35-34(36,37)48-30-11-3-25(4-12-30)2-1-21-45-28-9-5-26(6-10-28)22-39-17-19-40(20-18-39)27-7-13-29(14-8-27)46-24-31-15-16-41-23-32(42(43)44)38-33(41)47-31/h3-14,23,31H,1-2,15-22,24H2. The van der Waals surface area contributed by atoms with Gasteiger partial charge < -0.3 is 34.0 Å². The highest BCUT2D eigenvalue weighted by Gasteiger charge is 2.31. The SMILES string of the molecule is O=[N+]([O-])c1cn2c(n1)OC(COc1ccc(N3CCN(Cc4ccc(OCCCc5ccc(OC(F)(F)F)cc5)cc4)CC3)cc1)CC2. The highest BCUT2D eigenvalue weighted by Crippen LogP contribution is 2.27. The predicted octanol–water partition coefficient (Wildman–Crippen LogP) is 6.25. The van der Waals surface area contributed by atoms with E-state index in [1.54, 1.807) is 16.7 Å². The molecule has 11 nitrogen and oxygen atoms in total. The number of anilines is 1. The molecule has 254 valence electrons. The van der Waals surface area contributed by atoms with E-state index in [2.05, 4.69) is 43.8 Å². The van der Waals surface area contributed by atoms with Gasteiger partial charge in [0.15, 0.2) is 0 Å². The Morgan fingerprint density at radius 1 is 0.854 bits per heavy atom. The fourth-order valence-electron chi connectivity index (χ4n) is 5.72. The van der Waals surface area contributed by atoms with Gasteiger partial charge in [-0.15, -0.1) is 13.2 Å². The number of benzene rings is 3. The van der Waals surface area contributed by atoms with Crippen LogP contribution in [0.5, 0.6) is 23.3 Å². The molecule has 1 atom stereocenters. The van der Waals surface area contributed by atoms with Gasteiger partial charge in [-0.25, -0.2) is 0 Å². The Balaban J connectivity index is 0.871. The summed E-state index contributed by atoms with van der Waals surface area (Å²) in [6, 6.07) is 22.3. The van der Waals surface area contributed by atoms with E-state index in [9.17, 15) is 23.3 Å². The molecule has 3 heterocycles. The molecule has 4 aromatic rings. The first-order valence-electron chi connectivity index (χ1n) is 15.8. The quantitative estimate of drug-likeness (QED) is 0.0930. The lowest BCUT2D eigenvalue weighted by atomic mass is 10.1. The van der Waals surface area contributed by atoms with Gasteiger partial charge in [-0.3, -0.25) is 9.47 Å². The van der Waals surface area contributed by atoms with Crippen molar-refractivity contribution >= 4 is 11.5 Å². The number of halogens is 3. The molecule has 0 N–H and O–H groups in total. The maximum Gasteiger partial charge on any atom is 0.573 e. The fourth-order valence-corrected chi connectivity index (χ4v) is 5.72. The van der Waals surface area contributed by atoms with Crippen molar-refractivity contribution in [2.24, 2.45) is 0 Å². The van der Waals surface area contributed by atoms with Crippen LogP contribution in [-0.2, 0) is 19.5 Å². The molecule has 0 amide bonds. The molecule has 2 aliphatic heterocycles. The summed E-state index contributed by atoms with van der Waals surface area (Å²) in [6.07, 6.45) is -1.42. The lowest BCUT2D eigenvalue weighted by molar-refractivity contribution is -0.389.